The Kier molecular flexibility index (Phi) is 7.51. The number of benzene rings is 1. The van der Waals surface area contributed by atoms with Crippen LogP contribution < -0.4 is 9.47 Å². The molecule has 1 heterocycles. The van der Waals surface area contributed by atoms with Crippen molar-refractivity contribution in [3.63, 3.8) is 0 Å². The van der Waals surface area contributed by atoms with Crippen molar-refractivity contribution in [2.75, 3.05) is 55.1 Å². The molecule has 34 heavy (non-hydrogen) atoms. The Morgan fingerprint density at radius 3 is 2.41 bits per heavy atom. The van der Waals surface area contributed by atoms with E-state index in [-0.39, 0.29) is 5.91 Å². The van der Waals surface area contributed by atoms with E-state index in [0.29, 0.717) is 42.2 Å². The predicted molar refractivity (Wildman–Crippen MR) is 131 cm³/mol. The molecule has 0 saturated heterocycles. The number of rotatable bonds is 10. The van der Waals surface area contributed by atoms with Gasteiger partial charge in [-0.3, -0.25) is 4.79 Å². The molecular formula is C27H36N2O5. The van der Waals surface area contributed by atoms with Gasteiger partial charge in [0.2, 0.25) is 5.91 Å². The summed E-state index contributed by atoms with van der Waals surface area (Å²) in [4.78, 5) is 17.1. The molecule has 7 heteroatoms. The molecular weight excluding hydrogens is 432 g/mol. The summed E-state index contributed by atoms with van der Waals surface area (Å²) < 4.78 is 21.7. The third-order valence-corrected chi connectivity index (χ3v) is 7.23. The first-order valence-corrected chi connectivity index (χ1v) is 11.9. The number of allylic oxidation sites excluding steroid dienone is 2. The summed E-state index contributed by atoms with van der Waals surface area (Å²) in [6, 6.07) is 3.83. The summed E-state index contributed by atoms with van der Waals surface area (Å²) >= 11 is 0. The molecule has 3 atom stereocenters. The number of carbonyl (C=O) groups excluding carboxylic acids is 1. The average molecular weight is 469 g/mol. The summed E-state index contributed by atoms with van der Waals surface area (Å²) in [6.07, 6.45) is 10.8. The lowest BCUT2D eigenvalue weighted by Gasteiger charge is -2.45. The molecule has 1 fully saturated rings. The predicted octanol–water partition coefficient (Wildman–Crippen LogP) is 3.71. The number of nitrogens with zero attached hydrogens (tertiary/aromatic N) is 2. The average Bonchev–Trinajstić information content (AvgIpc) is 2.98. The molecule has 1 saturated carbocycles. The Bertz CT molecular complexity index is 999. The quantitative estimate of drug-likeness (QED) is 0.522. The molecule has 3 aliphatic rings. The zero-order valence-electron chi connectivity index (χ0n) is 20.9. The molecule has 0 aromatic heterocycles. The summed E-state index contributed by atoms with van der Waals surface area (Å²) in [7, 11) is 8.79. The third-order valence-electron chi connectivity index (χ3n) is 7.23. The fraction of sp³-hybridized carbons (Fsp3) is 0.519. The van der Waals surface area contributed by atoms with Crippen LogP contribution in [-0.4, -0.2) is 70.8 Å². The molecule has 1 aliphatic heterocycles. The zero-order chi connectivity index (χ0) is 24.2. The van der Waals surface area contributed by atoms with Crippen LogP contribution in [0.2, 0.25) is 0 Å². The Morgan fingerprint density at radius 2 is 1.71 bits per heavy atom. The van der Waals surface area contributed by atoms with Crippen molar-refractivity contribution in [3.05, 3.63) is 53.1 Å². The highest BCUT2D eigenvalue weighted by Gasteiger charge is 2.42. The second-order valence-corrected chi connectivity index (χ2v) is 9.31. The first kappa shape index (κ1) is 24.2. The monoisotopic (exact) mass is 468 g/mol. The summed E-state index contributed by atoms with van der Waals surface area (Å²) in [6.45, 7) is 2.69. The van der Waals surface area contributed by atoms with E-state index in [4.69, 9.17) is 18.9 Å². The fourth-order valence-electron chi connectivity index (χ4n) is 5.29. The van der Waals surface area contributed by atoms with Crippen molar-refractivity contribution in [1.82, 2.24) is 9.80 Å². The van der Waals surface area contributed by atoms with Gasteiger partial charge in [-0.1, -0.05) is 0 Å². The first-order valence-electron chi connectivity index (χ1n) is 11.9. The first-order chi connectivity index (χ1) is 16.5. The van der Waals surface area contributed by atoms with Gasteiger partial charge in [0.05, 0.1) is 34.9 Å². The summed E-state index contributed by atoms with van der Waals surface area (Å²) in [5, 5.41) is 0. The number of hydrogen-bond donors (Lipinski definition) is 0. The van der Waals surface area contributed by atoms with Crippen LogP contribution in [-0.2, 0) is 20.7 Å². The van der Waals surface area contributed by atoms with E-state index in [1.54, 1.807) is 28.4 Å². The molecule has 4 rings (SSSR count). The minimum absolute atomic E-state index is 0.104. The van der Waals surface area contributed by atoms with Gasteiger partial charge in [0.25, 0.3) is 0 Å². The maximum atomic E-state index is 12.9. The zero-order valence-corrected chi connectivity index (χ0v) is 20.9. The van der Waals surface area contributed by atoms with E-state index in [9.17, 15) is 4.79 Å². The summed E-state index contributed by atoms with van der Waals surface area (Å²) in [5.41, 5.74) is 1.95. The van der Waals surface area contributed by atoms with Gasteiger partial charge < -0.3 is 28.7 Å². The van der Waals surface area contributed by atoms with Gasteiger partial charge in [0.1, 0.15) is 0 Å². The lowest BCUT2D eigenvalue weighted by molar-refractivity contribution is -0.127. The molecule has 7 nitrogen and oxygen atoms in total. The maximum absolute atomic E-state index is 12.9. The number of amides is 1. The van der Waals surface area contributed by atoms with Crippen molar-refractivity contribution in [2.24, 2.45) is 17.8 Å². The standard InChI is InChI=1S/C27H36N2O5/c1-28(17-21-11-20-14-25(33-4)26(34-5)16-22(20)21)8-6-9-29-10-7-18-12-23(31-2)24(32-3)13-19(18)15-27(29)30/h7,10,12-14,16,20-22H,6,8-9,11,15,17H2,1-5H3/t20?,21-,22?/m1/s1. The molecule has 1 aromatic carbocycles. The highest BCUT2D eigenvalue weighted by molar-refractivity contribution is 5.84. The second kappa shape index (κ2) is 10.6. The van der Waals surface area contributed by atoms with E-state index in [1.807, 2.05) is 29.3 Å². The van der Waals surface area contributed by atoms with Crippen molar-refractivity contribution < 1.29 is 23.7 Å². The third kappa shape index (κ3) is 4.94. The van der Waals surface area contributed by atoms with Crippen molar-refractivity contribution in [1.29, 1.82) is 0 Å². The van der Waals surface area contributed by atoms with E-state index >= 15 is 0 Å². The fourth-order valence-corrected chi connectivity index (χ4v) is 5.29. The molecule has 2 aliphatic carbocycles. The van der Waals surface area contributed by atoms with Gasteiger partial charge >= 0.3 is 0 Å². The smallest absolute Gasteiger partial charge is 0.230 e. The maximum Gasteiger partial charge on any atom is 0.230 e. The SMILES string of the molecule is COC1=CC2C[C@H](CN(C)CCCN3C=Cc4cc(OC)c(OC)cc4CC3=O)C2C=C1OC. The van der Waals surface area contributed by atoms with Crippen LogP contribution in [0, 0.1) is 17.8 Å². The highest BCUT2D eigenvalue weighted by Crippen LogP contribution is 2.47. The van der Waals surface area contributed by atoms with Crippen molar-refractivity contribution in [3.8, 4) is 11.5 Å². The molecule has 2 unspecified atom stereocenters. The number of ether oxygens (including phenoxy) is 4. The van der Waals surface area contributed by atoms with Crippen LogP contribution in [0.15, 0.2) is 42.0 Å². The van der Waals surface area contributed by atoms with Crippen LogP contribution in [0.4, 0.5) is 0 Å². The largest absolute Gasteiger partial charge is 0.493 e. The molecule has 0 radical (unpaired) electrons. The topological polar surface area (TPSA) is 60.5 Å². The molecule has 0 bridgehead atoms. The number of fused-ring (bicyclic) bond motifs is 2. The van der Waals surface area contributed by atoms with Gasteiger partial charge in [-0.15, -0.1) is 0 Å². The molecule has 0 N–H and O–H groups in total. The Labute approximate surface area is 202 Å². The van der Waals surface area contributed by atoms with Crippen molar-refractivity contribution >= 4 is 12.0 Å². The van der Waals surface area contributed by atoms with Gasteiger partial charge in [-0.2, -0.15) is 0 Å². The Morgan fingerprint density at radius 1 is 1.00 bits per heavy atom. The van der Waals surface area contributed by atoms with Crippen molar-refractivity contribution in [2.45, 2.75) is 19.3 Å². The lowest BCUT2D eigenvalue weighted by Crippen LogP contribution is -2.43. The van der Waals surface area contributed by atoms with Gasteiger partial charge in [0, 0.05) is 19.3 Å². The van der Waals surface area contributed by atoms with Gasteiger partial charge in [-0.25, -0.2) is 0 Å². The van der Waals surface area contributed by atoms with Gasteiger partial charge in [0.15, 0.2) is 23.0 Å². The molecule has 1 amide bonds. The number of hydrogen-bond acceptors (Lipinski definition) is 6. The summed E-state index contributed by atoms with van der Waals surface area (Å²) in [5.74, 6) is 4.80. The molecule has 184 valence electrons. The highest BCUT2D eigenvalue weighted by atomic mass is 16.5. The number of methoxy groups -OCH3 is 4. The minimum Gasteiger partial charge on any atom is -0.493 e. The minimum atomic E-state index is 0.104. The van der Waals surface area contributed by atoms with Crippen LogP contribution in [0.1, 0.15) is 24.0 Å². The van der Waals surface area contributed by atoms with E-state index < -0.39 is 0 Å². The van der Waals surface area contributed by atoms with Crippen LogP contribution >= 0.6 is 0 Å². The van der Waals surface area contributed by atoms with E-state index in [0.717, 1.165) is 42.2 Å². The molecule has 0 spiro atoms. The van der Waals surface area contributed by atoms with Gasteiger partial charge in [-0.05, 0) is 85.7 Å². The van der Waals surface area contributed by atoms with Crippen LogP contribution in [0.5, 0.6) is 11.5 Å². The Balaban J connectivity index is 1.27. The number of carbonyl (C=O) groups is 1. The van der Waals surface area contributed by atoms with Crippen LogP contribution in [0.3, 0.4) is 0 Å². The Hall–Kier alpha value is -2.93. The molecule has 1 aromatic rings. The lowest BCUT2D eigenvalue weighted by atomic mass is 9.62. The second-order valence-electron chi connectivity index (χ2n) is 9.31. The normalized spacial score (nSPS) is 23.3. The van der Waals surface area contributed by atoms with E-state index in [1.165, 1.54) is 6.42 Å². The van der Waals surface area contributed by atoms with Crippen LogP contribution in [0.25, 0.3) is 6.08 Å². The van der Waals surface area contributed by atoms with E-state index in [2.05, 4.69) is 24.1 Å².